The number of hydrogen-bond acceptors (Lipinski definition) is 2. The van der Waals surface area contributed by atoms with E-state index in [-0.39, 0.29) is 0 Å². The van der Waals surface area contributed by atoms with Gasteiger partial charge < -0.3 is 0 Å². The normalized spacial score (nSPS) is 10.5. The van der Waals surface area contributed by atoms with Gasteiger partial charge in [0.2, 0.25) is 0 Å². The standard InChI is InChI=1S/C8H11BrN2/c1-6(2)8-10-4-7(3-9)5-11-8/h4-6H,3H2,1-2H3. The molecule has 1 aromatic rings. The van der Waals surface area contributed by atoms with Gasteiger partial charge in [0.15, 0.2) is 0 Å². The summed E-state index contributed by atoms with van der Waals surface area (Å²) >= 11 is 3.34. The van der Waals surface area contributed by atoms with E-state index in [9.17, 15) is 0 Å². The van der Waals surface area contributed by atoms with Gasteiger partial charge in [-0.2, -0.15) is 0 Å². The molecule has 0 bridgehead atoms. The zero-order valence-corrected chi connectivity index (χ0v) is 8.30. The molecule has 0 unspecified atom stereocenters. The van der Waals surface area contributed by atoms with Crippen LogP contribution in [0.5, 0.6) is 0 Å². The molecule has 0 aromatic carbocycles. The molecule has 0 aliphatic carbocycles. The molecule has 0 radical (unpaired) electrons. The van der Waals surface area contributed by atoms with Crippen LogP contribution in [0, 0.1) is 0 Å². The molecule has 60 valence electrons. The first-order valence-electron chi connectivity index (χ1n) is 3.61. The summed E-state index contributed by atoms with van der Waals surface area (Å²) in [5, 5.41) is 0.825. The molecule has 1 heterocycles. The Morgan fingerprint density at radius 2 is 1.91 bits per heavy atom. The van der Waals surface area contributed by atoms with Crippen molar-refractivity contribution < 1.29 is 0 Å². The van der Waals surface area contributed by atoms with Crippen LogP contribution in [0.25, 0.3) is 0 Å². The maximum absolute atomic E-state index is 4.21. The number of rotatable bonds is 2. The Bertz CT molecular complexity index is 218. The smallest absolute Gasteiger partial charge is 0.130 e. The molecule has 0 atom stereocenters. The summed E-state index contributed by atoms with van der Waals surface area (Å²) in [5.41, 5.74) is 1.12. The van der Waals surface area contributed by atoms with Crippen molar-refractivity contribution in [1.29, 1.82) is 0 Å². The summed E-state index contributed by atoms with van der Waals surface area (Å²) in [4.78, 5) is 8.42. The highest BCUT2D eigenvalue weighted by Crippen LogP contribution is 2.08. The second kappa shape index (κ2) is 3.81. The third-order valence-corrected chi connectivity index (χ3v) is 2.04. The van der Waals surface area contributed by atoms with E-state index in [1.54, 1.807) is 0 Å². The van der Waals surface area contributed by atoms with Gasteiger partial charge >= 0.3 is 0 Å². The van der Waals surface area contributed by atoms with Crippen molar-refractivity contribution >= 4 is 15.9 Å². The van der Waals surface area contributed by atoms with Gasteiger partial charge in [-0.3, -0.25) is 0 Å². The van der Waals surface area contributed by atoms with Crippen LogP contribution in [0.1, 0.15) is 31.2 Å². The number of alkyl halides is 1. The lowest BCUT2D eigenvalue weighted by Crippen LogP contribution is -1.96. The fraction of sp³-hybridized carbons (Fsp3) is 0.500. The Balaban J connectivity index is 2.83. The fourth-order valence-corrected chi connectivity index (χ4v) is 1.02. The average molecular weight is 215 g/mol. The van der Waals surface area contributed by atoms with Crippen molar-refractivity contribution in [3.8, 4) is 0 Å². The molecule has 2 nitrogen and oxygen atoms in total. The van der Waals surface area contributed by atoms with Gasteiger partial charge in [0.1, 0.15) is 5.82 Å². The minimum Gasteiger partial charge on any atom is -0.241 e. The zero-order valence-electron chi connectivity index (χ0n) is 6.71. The number of halogens is 1. The summed E-state index contributed by atoms with van der Waals surface area (Å²) in [6.07, 6.45) is 3.72. The summed E-state index contributed by atoms with van der Waals surface area (Å²) in [5.74, 6) is 1.33. The average Bonchev–Trinajstić information content (AvgIpc) is 2.05. The lowest BCUT2D eigenvalue weighted by molar-refractivity contribution is 0.770. The van der Waals surface area contributed by atoms with Gasteiger partial charge in [-0.1, -0.05) is 29.8 Å². The third-order valence-electron chi connectivity index (χ3n) is 1.40. The molecule has 0 aliphatic heterocycles. The van der Waals surface area contributed by atoms with Crippen molar-refractivity contribution in [2.24, 2.45) is 0 Å². The molecule has 0 fully saturated rings. The SMILES string of the molecule is CC(C)c1ncc(CBr)cn1. The zero-order chi connectivity index (χ0) is 8.27. The maximum Gasteiger partial charge on any atom is 0.130 e. The molecule has 11 heavy (non-hydrogen) atoms. The van der Waals surface area contributed by atoms with E-state index in [0.29, 0.717) is 5.92 Å². The lowest BCUT2D eigenvalue weighted by Gasteiger charge is -2.02. The van der Waals surface area contributed by atoms with Crippen molar-refractivity contribution in [2.75, 3.05) is 0 Å². The third kappa shape index (κ3) is 2.26. The van der Waals surface area contributed by atoms with Gasteiger partial charge in [-0.05, 0) is 5.56 Å². The summed E-state index contributed by atoms with van der Waals surface area (Å²) in [6, 6.07) is 0. The number of aromatic nitrogens is 2. The van der Waals surface area contributed by atoms with Crippen LogP contribution in [0.4, 0.5) is 0 Å². The van der Waals surface area contributed by atoms with Crippen molar-refractivity contribution in [3.05, 3.63) is 23.8 Å². The molecule has 0 saturated heterocycles. The predicted octanol–water partition coefficient (Wildman–Crippen LogP) is 2.49. The fourth-order valence-electron chi connectivity index (χ4n) is 0.732. The highest BCUT2D eigenvalue weighted by atomic mass is 79.9. The van der Waals surface area contributed by atoms with Crippen LogP contribution in [0.2, 0.25) is 0 Å². The Kier molecular flexibility index (Phi) is 3.00. The van der Waals surface area contributed by atoms with E-state index in [0.717, 1.165) is 16.7 Å². The van der Waals surface area contributed by atoms with Gasteiger partial charge in [0.25, 0.3) is 0 Å². The molecule has 1 rings (SSSR count). The first kappa shape index (κ1) is 8.65. The van der Waals surface area contributed by atoms with Crippen LogP contribution < -0.4 is 0 Å². The van der Waals surface area contributed by atoms with E-state index in [1.165, 1.54) is 0 Å². The monoisotopic (exact) mass is 214 g/mol. The van der Waals surface area contributed by atoms with Crippen LogP contribution in [0.15, 0.2) is 12.4 Å². The minimum atomic E-state index is 0.416. The largest absolute Gasteiger partial charge is 0.241 e. The maximum atomic E-state index is 4.21. The lowest BCUT2D eigenvalue weighted by atomic mass is 10.2. The Hall–Kier alpha value is -0.440. The summed E-state index contributed by atoms with van der Waals surface area (Å²) in [7, 11) is 0. The molecule has 3 heteroatoms. The molecule has 0 spiro atoms. The van der Waals surface area contributed by atoms with Crippen LogP contribution in [0.3, 0.4) is 0 Å². The molecular formula is C8H11BrN2. The van der Waals surface area contributed by atoms with Crippen LogP contribution in [-0.4, -0.2) is 9.97 Å². The molecular weight excluding hydrogens is 204 g/mol. The second-order valence-electron chi connectivity index (χ2n) is 2.74. The van der Waals surface area contributed by atoms with Gasteiger partial charge in [0, 0.05) is 23.6 Å². The Labute approximate surface area is 75.2 Å². The highest BCUT2D eigenvalue weighted by molar-refractivity contribution is 9.08. The minimum absolute atomic E-state index is 0.416. The molecule has 0 aliphatic rings. The van der Waals surface area contributed by atoms with E-state index in [4.69, 9.17) is 0 Å². The van der Waals surface area contributed by atoms with Gasteiger partial charge in [-0.15, -0.1) is 0 Å². The Morgan fingerprint density at radius 1 is 1.36 bits per heavy atom. The number of nitrogens with zero attached hydrogens (tertiary/aromatic N) is 2. The predicted molar refractivity (Wildman–Crippen MR) is 48.8 cm³/mol. The van der Waals surface area contributed by atoms with Gasteiger partial charge in [0.05, 0.1) is 0 Å². The highest BCUT2D eigenvalue weighted by Gasteiger charge is 2.00. The van der Waals surface area contributed by atoms with Crippen molar-refractivity contribution in [3.63, 3.8) is 0 Å². The van der Waals surface area contributed by atoms with E-state index in [2.05, 4.69) is 39.7 Å². The summed E-state index contributed by atoms with van der Waals surface area (Å²) < 4.78 is 0. The molecule has 0 amide bonds. The van der Waals surface area contributed by atoms with E-state index in [1.807, 2.05) is 12.4 Å². The second-order valence-corrected chi connectivity index (χ2v) is 3.30. The van der Waals surface area contributed by atoms with Crippen LogP contribution >= 0.6 is 15.9 Å². The van der Waals surface area contributed by atoms with Crippen LogP contribution in [-0.2, 0) is 5.33 Å². The first-order chi connectivity index (χ1) is 5.24. The van der Waals surface area contributed by atoms with Gasteiger partial charge in [-0.25, -0.2) is 9.97 Å². The molecule has 1 aromatic heterocycles. The first-order valence-corrected chi connectivity index (χ1v) is 4.73. The van der Waals surface area contributed by atoms with E-state index < -0.39 is 0 Å². The summed E-state index contributed by atoms with van der Waals surface area (Å²) in [6.45, 7) is 4.17. The molecule has 0 saturated carbocycles. The molecule has 0 N–H and O–H groups in total. The van der Waals surface area contributed by atoms with Crippen molar-refractivity contribution in [1.82, 2.24) is 9.97 Å². The topological polar surface area (TPSA) is 25.8 Å². The quantitative estimate of drug-likeness (QED) is 0.708. The Morgan fingerprint density at radius 3 is 2.27 bits per heavy atom. The van der Waals surface area contributed by atoms with E-state index >= 15 is 0 Å². The number of hydrogen-bond donors (Lipinski definition) is 0. The van der Waals surface area contributed by atoms with Crippen molar-refractivity contribution in [2.45, 2.75) is 25.1 Å².